The number of nitrogens with one attached hydrogen (secondary N) is 2. The molecule has 0 aromatic heterocycles. The van der Waals surface area contributed by atoms with Crippen molar-refractivity contribution in [2.45, 2.75) is 25.7 Å². The maximum atomic E-state index is 7.77. The molecule has 0 unspecified atom stereocenters. The Balaban J connectivity index is 0. The number of anilines is 1. The van der Waals surface area contributed by atoms with Crippen molar-refractivity contribution in [3.05, 3.63) is 101 Å². The van der Waals surface area contributed by atoms with Crippen molar-refractivity contribution in [3.8, 4) is 0 Å². The number of thiol groups is 1. The van der Waals surface area contributed by atoms with Crippen LogP contribution in [-0.2, 0) is 0 Å². The SMILES string of the molecule is Cc1cc(C)c(N/C=C(\C(=N)N)c2ccccc2)c(C)c1.O.O.Sc1ccccc1.[HH]. The highest BCUT2D eigenvalue weighted by Gasteiger charge is 2.06. The quantitative estimate of drug-likeness (QED) is 0.276. The van der Waals surface area contributed by atoms with Crippen molar-refractivity contribution in [2.24, 2.45) is 5.73 Å². The molecule has 0 bridgehead atoms. The topological polar surface area (TPSA) is 125 Å². The van der Waals surface area contributed by atoms with Gasteiger partial charge in [0.2, 0.25) is 0 Å². The molecule has 0 aliphatic rings. The zero-order valence-electron chi connectivity index (χ0n) is 17.5. The van der Waals surface area contributed by atoms with Gasteiger partial charge in [0.15, 0.2) is 0 Å². The molecule has 0 fully saturated rings. The summed E-state index contributed by atoms with van der Waals surface area (Å²) < 4.78 is 0. The average Bonchev–Trinajstić information content (AvgIpc) is 2.65. The van der Waals surface area contributed by atoms with Crippen LogP contribution in [0.1, 0.15) is 23.7 Å². The molecule has 0 radical (unpaired) electrons. The summed E-state index contributed by atoms with van der Waals surface area (Å²) in [7, 11) is 0. The molecule has 3 rings (SSSR count). The number of hydrogen-bond acceptors (Lipinski definition) is 3. The fourth-order valence-electron chi connectivity index (χ4n) is 2.91. The van der Waals surface area contributed by atoms with E-state index in [1.54, 1.807) is 0 Å². The van der Waals surface area contributed by atoms with Gasteiger partial charge in [-0.25, -0.2) is 0 Å². The van der Waals surface area contributed by atoms with Crippen LogP contribution in [-0.4, -0.2) is 16.8 Å². The second-order valence-electron chi connectivity index (χ2n) is 6.59. The molecule has 3 aromatic carbocycles. The van der Waals surface area contributed by atoms with Gasteiger partial charge in [0.25, 0.3) is 0 Å². The lowest BCUT2D eigenvalue weighted by atomic mass is 10.0. The Labute approximate surface area is 185 Å². The van der Waals surface area contributed by atoms with Gasteiger partial charge >= 0.3 is 0 Å². The molecular weight excluding hydrogens is 394 g/mol. The number of hydrogen-bond donors (Lipinski definition) is 4. The first-order chi connectivity index (χ1) is 13.4. The van der Waals surface area contributed by atoms with Gasteiger partial charge in [0.1, 0.15) is 5.84 Å². The van der Waals surface area contributed by atoms with E-state index in [4.69, 9.17) is 11.1 Å². The predicted octanol–water partition coefficient (Wildman–Crippen LogP) is 4.57. The number of rotatable bonds is 4. The first kappa shape index (κ1) is 26.9. The molecule has 30 heavy (non-hydrogen) atoms. The highest BCUT2D eigenvalue weighted by Crippen LogP contribution is 2.23. The molecule has 0 aliphatic carbocycles. The van der Waals surface area contributed by atoms with Gasteiger partial charge in [-0.3, -0.25) is 5.41 Å². The summed E-state index contributed by atoms with van der Waals surface area (Å²) in [6.45, 7) is 6.24. The molecule has 0 saturated heterocycles. The van der Waals surface area contributed by atoms with E-state index < -0.39 is 0 Å². The maximum Gasteiger partial charge on any atom is 0.124 e. The van der Waals surface area contributed by atoms with E-state index in [-0.39, 0.29) is 18.2 Å². The van der Waals surface area contributed by atoms with E-state index in [9.17, 15) is 0 Å². The van der Waals surface area contributed by atoms with E-state index in [0.717, 1.165) is 16.1 Å². The minimum atomic E-state index is 0. The summed E-state index contributed by atoms with van der Waals surface area (Å²) in [5.74, 6) is 0.0520. The zero-order chi connectivity index (χ0) is 20.5. The van der Waals surface area contributed by atoms with E-state index in [1.165, 1.54) is 16.7 Å². The standard InChI is InChI=1S/C18H21N3.C6H6S.2H2O.H2/c1-12-9-13(2)17(14(3)10-12)21-11-16(18(19)20)15-7-5-4-6-8-15;7-6-4-2-1-3-5-6;;;/h4-11,21H,1-3H3,(H3,19,20);1-5,7H;2*1H2;1H/b16-11-;;;;. The summed E-state index contributed by atoms with van der Waals surface area (Å²) in [6.07, 6.45) is 1.81. The summed E-state index contributed by atoms with van der Waals surface area (Å²) in [6, 6.07) is 23.8. The largest absolute Gasteiger partial charge is 0.412 e. The number of amidine groups is 1. The van der Waals surface area contributed by atoms with Crippen LogP contribution in [0.4, 0.5) is 5.69 Å². The zero-order valence-corrected chi connectivity index (χ0v) is 18.4. The van der Waals surface area contributed by atoms with Crippen molar-refractivity contribution in [2.75, 3.05) is 5.32 Å². The second-order valence-corrected chi connectivity index (χ2v) is 7.11. The first-order valence-electron chi connectivity index (χ1n) is 9.07. The average molecular weight is 428 g/mol. The molecule has 0 spiro atoms. The van der Waals surface area contributed by atoms with Gasteiger partial charge < -0.3 is 22.0 Å². The summed E-state index contributed by atoms with van der Waals surface area (Å²) in [4.78, 5) is 1.02. The Morgan fingerprint density at radius 1 is 0.900 bits per heavy atom. The van der Waals surface area contributed by atoms with Crippen LogP contribution in [0.5, 0.6) is 0 Å². The lowest BCUT2D eigenvalue weighted by Gasteiger charge is -2.13. The van der Waals surface area contributed by atoms with Crippen LogP contribution in [0.3, 0.4) is 0 Å². The van der Waals surface area contributed by atoms with Gasteiger partial charge in [0.05, 0.1) is 0 Å². The smallest absolute Gasteiger partial charge is 0.124 e. The van der Waals surface area contributed by atoms with Crippen LogP contribution in [0.2, 0.25) is 0 Å². The highest BCUT2D eigenvalue weighted by molar-refractivity contribution is 7.80. The normalized spacial score (nSPS) is 9.93. The van der Waals surface area contributed by atoms with Crippen LogP contribution in [0.25, 0.3) is 5.57 Å². The van der Waals surface area contributed by atoms with Gasteiger partial charge in [-0.05, 0) is 49.6 Å². The lowest BCUT2D eigenvalue weighted by Crippen LogP contribution is -2.13. The fraction of sp³-hybridized carbons (Fsp3) is 0.125. The Kier molecular flexibility index (Phi) is 11.9. The Hall–Kier alpha value is -3.06. The van der Waals surface area contributed by atoms with Gasteiger partial charge in [-0.1, -0.05) is 66.2 Å². The monoisotopic (exact) mass is 427 g/mol. The van der Waals surface area contributed by atoms with E-state index in [1.807, 2.05) is 66.9 Å². The third kappa shape index (κ3) is 8.13. The minimum absolute atomic E-state index is 0. The van der Waals surface area contributed by atoms with Gasteiger partial charge in [-0.2, -0.15) is 0 Å². The number of benzene rings is 3. The highest BCUT2D eigenvalue weighted by atomic mass is 32.1. The van der Waals surface area contributed by atoms with Crippen LogP contribution in [0, 0.1) is 26.2 Å². The molecular formula is C24H33N3O2S. The molecule has 6 heteroatoms. The van der Waals surface area contributed by atoms with Crippen molar-refractivity contribution < 1.29 is 12.4 Å². The Morgan fingerprint density at radius 2 is 1.37 bits per heavy atom. The predicted molar refractivity (Wildman–Crippen MR) is 134 cm³/mol. The molecule has 8 N–H and O–H groups in total. The number of nitrogens with two attached hydrogens (primary N) is 1. The van der Waals surface area contributed by atoms with Crippen LogP contribution >= 0.6 is 12.6 Å². The molecule has 0 aliphatic heterocycles. The first-order valence-corrected chi connectivity index (χ1v) is 9.51. The van der Waals surface area contributed by atoms with Gasteiger partial charge in [0, 0.05) is 23.8 Å². The van der Waals surface area contributed by atoms with Gasteiger partial charge in [-0.15, -0.1) is 12.6 Å². The summed E-state index contributed by atoms with van der Waals surface area (Å²) >= 11 is 4.08. The Morgan fingerprint density at radius 3 is 1.77 bits per heavy atom. The molecule has 0 heterocycles. The maximum absolute atomic E-state index is 7.77. The van der Waals surface area contributed by atoms with Crippen LogP contribution < -0.4 is 11.1 Å². The van der Waals surface area contributed by atoms with Crippen molar-refractivity contribution in [1.29, 1.82) is 5.41 Å². The summed E-state index contributed by atoms with van der Waals surface area (Å²) in [5.41, 5.74) is 12.0. The van der Waals surface area contributed by atoms with Crippen molar-refractivity contribution in [1.82, 2.24) is 0 Å². The molecule has 0 atom stereocenters. The molecule has 3 aromatic rings. The molecule has 162 valence electrons. The third-order valence-electron chi connectivity index (χ3n) is 4.17. The molecule has 0 saturated carbocycles. The third-order valence-corrected chi connectivity index (χ3v) is 4.47. The van der Waals surface area contributed by atoms with E-state index in [0.29, 0.717) is 5.57 Å². The fourth-order valence-corrected chi connectivity index (χ4v) is 3.09. The van der Waals surface area contributed by atoms with Crippen molar-refractivity contribution in [3.63, 3.8) is 0 Å². The second kappa shape index (κ2) is 13.2. The minimum Gasteiger partial charge on any atom is -0.412 e. The summed E-state index contributed by atoms with van der Waals surface area (Å²) in [5, 5.41) is 11.1. The molecule has 5 nitrogen and oxygen atoms in total. The Bertz CT molecular complexity index is 942. The van der Waals surface area contributed by atoms with E-state index in [2.05, 4.69) is 50.8 Å². The molecule has 0 amide bonds. The van der Waals surface area contributed by atoms with Crippen molar-refractivity contribution >= 4 is 29.7 Å². The lowest BCUT2D eigenvalue weighted by molar-refractivity contribution is 0.823. The van der Waals surface area contributed by atoms with E-state index >= 15 is 0 Å². The number of aryl methyl sites for hydroxylation is 3. The van der Waals surface area contributed by atoms with Crippen LogP contribution in [0.15, 0.2) is 83.9 Å².